The van der Waals surface area contributed by atoms with Gasteiger partial charge in [-0.25, -0.2) is 4.79 Å². The van der Waals surface area contributed by atoms with Crippen LogP contribution in [-0.2, 0) is 9.53 Å². The van der Waals surface area contributed by atoms with Crippen LogP contribution in [0.3, 0.4) is 0 Å². The topological polar surface area (TPSA) is 52.6 Å². The second-order valence-corrected chi connectivity index (χ2v) is 5.98. The molecule has 0 aliphatic rings. The zero-order valence-corrected chi connectivity index (χ0v) is 14.6. The summed E-state index contributed by atoms with van der Waals surface area (Å²) < 4.78 is 10.5. The lowest BCUT2D eigenvalue weighted by atomic mass is 10.0. The average Bonchev–Trinajstić information content (AvgIpc) is 2.56. The van der Waals surface area contributed by atoms with Gasteiger partial charge in [0.05, 0.1) is 0 Å². The van der Waals surface area contributed by atoms with Gasteiger partial charge in [-0.2, -0.15) is 0 Å². The standard InChI is InChI=1S/C19H19ClO4/c1-12-4-5-15(10-13(12)2)18(21)11-23-19(22)14(3)24-17-8-6-16(20)7-9-17/h4-10,14H,11H2,1-3H3. The molecule has 4 nitrogen and oxygen atoms in total. The molecule has 0 amide bonds. The third-order valence-corrected chi connectivity index (χ3v) is 3.88. The van der Waals surface area contributed by atoms with Gasteiger partial charge in [0.2, 0.25) is 0 Å². The van der Waals surface area contributed by atoms with Crippen LogP contribution in [0.2, 0.25) is 5.02 Å². The van der Waals surface area contributed by atoms with Gasteiger partial charge in [-0.3, -0.25) is 4.79 Å². The number of esters is 1. The van der Waals surface area contributed by atoms with Gasteiger partial charge < -0.3 is 9.47 Å². The highest BCUT2D eigenvalue weighted by molar-refractivity contribution is 6.30. The van der Waals surface area contributed by atoms with E-state index in [4.69, 9.17) is 21.1 Å². The van der Waals surface area contributed by atoms with Crippen molar-refractivity contribution in [2.75, 3.05) is 6.61 Å². The highest BCUT2D eigenvalue weighted by atomic mass is 35.5. The summed E-state index contributed by atoms with van der Waals surface area (Å²) in [5.41, 5.74) is 2.65. The molecule has 2 aromatic rings. The van der Waals surface area contributed by atoms with Crippen LogP contribution in [-0.4, -0.2) is 24.5 Å². The second kappa shape index (κ2) is 7.97. The molecule has 0 aliphatic carbocycles. The summed E-state index contributed by atoms with van der Waals surface area (Å²) in [6.07, 6.45) is -0.821. The molecule has 0 fully saturated rings. The van der Waals surface area contributed by atoms with Crippen molar-refractivity contribution in [1.29, 1.82) is 0 Å². The van der Waals surface area contributed by atoms with Crippen LogP contribution >= 0.6 is 11.6 Å². The Morgan fingerprint density at radius 1 is 1.04 bits per heavy atom. The molecular weight excluding hydrogens is 328 g/mol. The fourth-order valence-electron chi connectivity index (χ4n) is 2.02. The van der Waals surface area contributed by atoms with E-state index in [0.717, 1.165) is 11.1 Å². The third-order valence-electron chi connectivity index (χ3n) is 3.63. The molecule has 5 heteroatoms. The van der Waals surface area contributed by atoms with Crippen LogP contribution in [0.25, 0.3) is 0 Å². The number of carbonyl (C=O) groups excluding carboxylic acids is 2. The van der Waals surface area contributed by atoms with Crippen molar-refractivity contribution in [3.63, 3.8) is 0 Å². The molecule has 0 spiro atoms. The first-order valence-electron chi connectivity index (χ1n) is 7.56. The molecule has 2 rings (SSSR count). The number of aryl methyl sites for hydroxylation is 2. The fraction of sp³-hybridized carbons (Fsp3) is 0.263. The zero-order chi connectivity index (χ0) is 17.7. The first kappa shape index (κ1) is 18.0. The number of benzene rings is 2. The van der Waals surface area contributed by atoms with Gasteiger partial charge in [0, 0.05) is 10.6 Å². The number of ketones is 1. The normalized spacial score (nSPS) is 11.7. The van der Waals surface area contributed by atoms with E-state index in [0.29, 0.717) is 16.3 Å². The maximum atomic E-state index is 12.1. The van der Waals surface area contributed by atoms with Crippen LogP contribution in [0.5, 0.6) is 5.75 Å². The van der Waals surface area contributed by atoms with Crippen molar-refractivity contribution >= 4 is 23.4 Å². The predicted molar refractivity (Wildman–Crippen MR) is 92.7 cm³/mol. The van der Waals surface area contributed by atoms with E-state index in [2.05, 4.69) is 0 Å². The largest absolute Gasteiger partial charge is 0.479 e. The molecule has 24 heavy (non-hydrogen) atoms. The van der Waals surface area contributed by atoms with Crippen LogP contribution in [0, 0.1) is 13.8 Å². The highest BCUT2D eigenvalue weighted by Crippen LogP contribution is 2.17. The molecule has 0 aliphatic heterocycles. The number of hydrogen-bond acceptors (Lipinski definition) is 4. The van der Waals surface area contributed by atoms with Gasteiger partial charge in [-0.1, -0.05) is 23.7 Å². The van der Waals surface area contributed by atoms with Crippen molar-refractivity contribution in [2.24, 2.45) is 0 Å². The Morgan fingerprint density at radius 3 is 2.33 bits per heavy atom. The molecule has 0 saturated carbocycles. The highest BCUT2D eigenvalue weighted by Gasteiger charge is 2.18. The lowest BCUT2D eigenvalue weighted by molar-refractivity contribution is -0.149. The number of rotatable bonds is 6. The van der Waals surface area contributed by atoms with Crippen LogP contribution in [0.4, 0.5) is 0 Å². The Labute approximate surface area is 146 Å². The monoisotopic (exact) mass is 346 g/mol. The van der Waals surface area contributed by atoms with E-state index in [-0.39, 0.29) is 12.4 Å². The van der Waals surface area contributed by atoms with Gasteiger partial charge >= 0.3 is 5.97 Å². The molecule has 0 N–H and O–H groups in total. The summed E-state index contributed by atoms with van der Waals surface area (Å²) in [5, 5.41) is 0.580. The van der Waals surface area contributed by atoms with Crippen molar-refractivity contribution in [3.05, 3.63) is 64.2 Å². The lowest BCUT2D eigenvalue weighted by Crippen LogP contribution is -2.28. The van der Waals surface area contributed by atoms with E-state index in [1.807, 2.05) is 19.9 Å². The zero-order valence-electron chi connectivity index (χ0n) is 13.8. The second-order valence-electron chi connectivity index (χ2n) is 5.54. The Morgan fingerprint density at radius 2 is 1.71 bits per heavy atom. The smallest absolute Gasteiger partial charge is 0.347 e. The molecule has 0 bridgehead atoms. The van der Waals surface area contributed by atoms with Crippen molar-refractivity contribution in [1.82, 2.24) is 0 Å². The van der Waals surface area contributed by atoms with Gasteiger partial charge in [0.25, 0.3) is 0 Å². The van der Waals surface area contributed by atoms with Gasteiger partial charge in [0.1, 0.15) is 5.75 Å². The number of Topliss-reactive ketones (excluding diaryl/α,β-unsaturated/α-hetero) is 1. The summed E-state index contributed by atoms with van der Waals surface area (Å²) in [7, 11) is 0. The summed E-state index contributed by atoms with van der Waals surface area (Å²) in [6, 6.07) is 12.0. The van der Waals surface area contributed by atoms with E-state index < -0.39 is 12.1 Å². The van der Waals surface area contributed by atoms with Crippen molar-refractivity contribution in [2.45, 2.75) is 26.9 Å². The third kappa shape index (κ3) is 4.83. The molecule has 1 unspecified atom stereocenters. The Balaban J connectivity index is 1.88. The van der Waals surface area contributed by atoms with Crippen LogP contribution in [0.1, 0.15) is 28.4 Å². The van der Waals surface area contributed by atoms with E-state index in [1.54, 1.807) is 43.3 Å². The molecule has 0 heterocycles. The average molecular weight is 347 g/mol. The fourth-order valence-corrected chi connectivity index (χ4v) is 2.14. The Bertz CT molecular complexity index is 738. The number of halogens is 1. The SMILES string of the molecule is Cc1ccc(C(=O)COC(=O)C(C)Oc2ccc(Cl)cc2)cc1C. The molecule has 0 aromatic heterocycles. The quantitative estimate of drug-likeness (QED) is 0.582. The molecule has 1 atom stereocenters. The van der Waals surface area contributed by atoms with E-state index in [9.17, 15) is 9.59 Å². The Hall–Kier alpha value is -2.33. The van der Waals surface area contributed by atoms with Gasteiger partial charge in [0.15, 0.2) is 18.5 Å². The summed E-state index contributed by atoms with van der Waals surface area (Å²) >= 11 is 5.79. The van der Waals surface area contributed by atoms with Crippen LogP contribution in [0.15, 0.2) is 42.5 Å². The maximum absolute atomic E-state index is 12.1. The van der Waals surface area contributed by atoms with E-state index in [1.165, 1.54) is 0 Å². The maximum Gasteiger partial charge on any atom is 0.347 e. The molecule has 126 valence electrons. The van der Waals surface area contributed by atoms with Crippen LogP contribution < -0.4 is 4.74 Å². The van der Waals surface area contributed by atoms with Crippen molar-refractivity contribution in [3.8, 4) is 5.75 Å². The minimum absolute atomic E-state index is 0.245. The number of ether oxygens (including phenoxy) is 2. The molecule has 0 saturated heterocycles. The number of carbonyl (C=O) groups is 2. The summed E-state index contributed by atoms with van der Waals surface area (Å²) in [5.74, 6) is -0.336. The summed E-state index contributed by atoms with van der Waals surface area (Å²) in [6.45, 7) is 5.16. The van der Waals surface area contributed by atoms with Gasteiger partial charge in [-0.15, -0.1) is 0 Å². The molecular formula is C19H19ClO4. The summed E-state index contributed by atoms with van der Waals surface area (Å²) in [4.78, 5) is 24.0. The van der Waals surface area contributed by atoms with Gasteiger partial charge in [-0.05, 0) is 62.2 Å². The molecule has 0 radical (unpaired) electrons. The van der Waals surface area contributed by atoms with Crippen molar-refractivity contribution < 1.29 is 19.1 Å². The van der Waals surface area contributed by atoms with E-state index >= 15 is 0 Å². The molecule has 2 aromatic carbocycles. The minimum Gasteiger partial charge on any atom is -0.479 e. The lowest BCUT2D eigenvalue weighted by Gasteiger charge is -2.14. The number of hydrogen-bond donors (Lipinski definition) is 0. The Kier molecular flexibility index (Phi) is 5.99. The predicted octanol–water partition coefficient (Wildman–Crippen LogP) is 4.15. The minimum atomic E-state index is -0.821. The first-order chi connectivity index (χ1) is 11.4. The first-order valence-corrected chi connectivity index (χ1v) is 7.94.